The van der Waals surface area contributed by atoms with E-state index in [4.69, 9.17) is 0 Å². The van der Waals surface area contributed by atoms with Crippen molar-refractivity contribution in [2.75, 3.05) is 26.7 Å². The summed E-state index contributed by atoms with van der Waals surface area (Å²) in [4.78, 5) is 36.0. The molecule has 102 valence electrons. The number of nitrogens with one attached hydrogen (secondary N) is 1. The summed E-state index contributed by atoms with van der Waals surface area (Å²) in [6, 6.07) is 0. The number of amides is 2. The van der Waals surface area contributed by atoms with E-state index in [1.165, 1.54) is 7.11 Å². The number of hydrogen-bond donors (Lipinski definition) is 1. The lowest BCUT2D eigenvalue weighted by atomic mass is 10.1. The van der Waals surface area contributed by atoms with E-state index in [0.717, 1.165) is 12.8 Å². The van der Waals surface area contributed by atoms with Crippen molar-refractivity contribution in [3.05, 3.63) is 0 Å². The van der Waals surface area contributed by atoms with Crippen LogP contribution >= 0.6 is 0 Å². The van der Waals surface area contributed by atoms with Gasteiger partial charge in [0.25, 0.3) is 0 Å². The molecule has 0 aliphatic carbocycles. The van der Waals surface area contributed by atoms with Crippen LogP contribution in [0.5, 0.6) is 0 Å². The van der Waals surface area contributed by atoms with Crippen molar-refractivity contribution < 1.29 is 19.1 Å². The zero-order chi connectivity index (χ0) is 13.5. The monoisotopic (exact) mass is 256 g/mol. The Morgan fingerprint density at radius 2 is 2.22 bits per heavy atom. The van der Waals surface area contributed by atoms with Crippen molar-refractivity contribution in [2.45, 2.75) is 26.2 Å². The summed E-state index contributed by atoms with van der Waals surface area (Å²) in [6.45, 7) is 3.07. The molecule has 1 atom stereocenters. The number of methoxy groups -OCH3 is 1. The van der Waals surface area contributed by atoms with Gasteiger partial charge in [-0.05, 0) is 6.42 Å². The SMILES string of the molecule is CCCCN1C[C@@H](C(=O)NCC(=O)OC)CC1=O. The smallest absolute Gasteiger partial charge is 0.325 e. The van der Waals surface area contributed by atoms with Gasteiger partial charge < -0.3 is 15.0 Å². The van der Waals surface area contributed by atoms with Crippen molar-refractivity contribution in [1.82, 2.24) is 10.2 Å². The van der Waals surface area contributed by atoms with Gasteiger partial charge >= 0.3 is 5.97 Å². The molecule has 0 aromatic heterocycles. The van der Waals surface area contributed by atoms with Crippen LogP contribution in [0.15, 0.2) is 0 Å². The fourth-order valence-electron chi connectivity index (χ4n) is 1.89. The van der Waals surface area contributed by atoms with Crippen LogP contribution in [0.1, 0.15) is 26.2 Å². The molecule has 18 heavy (non-hydrogen) atoms. The number of unbranched alkanes of at least 4 members (excludes halogenated alkanes) is 1. The number of ether oxygens (including phenoxy) is 1. The predicted octanol–water partition coefficient (Wildman–Crippen LogP) is -0.0758. The molecule has 0 saturated carbocycles. The Balaban J connectivity index is 2.37. The number of rotatable bonds is 6. The highest BCUT2D eigenvalue weighted by Crippen LogP contribution is 2.18. The lowest BCUT2D eigenvalue weighted by molar-refractivity contribution is -0.141. The van der Waals surface area contributed by atoms with Gasteiger partial charge in [-0.3, -0.25) is 14.4 Å². The lowest BCUT2D eigenvalue weighted by Crippen LogP contribution is -2.36. The summed E-state index contributed by atoms with van der Waals surface area (Å²) >= 11 is 0. The molecule has 1 heterocycles. The zero-order valence-electron chi connectivity index (χ0n) is 10.9. The van der Waals surface area contributed by atoms with Gasteiger partial charge in [-0.25, -0.2) is 0 Å². The zero-order valence-corrected chi connectivity index (χ0v) is 10.9. The average molecular weight is 256 g/mol. The van der Waals surface area contributed by atoms with Gasteiger partial charge in [-0.15, -0.1) is 0 Å². The number of hydrogen-bond acceptors (Lipinski definition) is 4. The van der Waals surface area contributed by atoms with Gasteiger partial charge in [0.05, 0.1) is 13.0 Å². The number of likely N-dealkylation sites (tertiary alicyclic amines) is 1. The Hall–Kier alpha value is -1.59. The van der Waals surface area contributed by atoms with Gasteiger partial charge in [-0.1, -0.05) is 13.3 Å². The van der Waals surface area contributed by atoms with Crippen LogP contribution in [0.3, 0.4) is 0 Å². The molecule has 0 aromatic rings. The first-order valence-electron chi connectivity index (χ1n) is 6.20. The third kappa shape index (κ3) is 4.01. The van der Waals surface area contributed by atoms with E-state index in [-0.39, 0.29) is 30.7 Å². The Morgan fingerprint density at radius 3 is 2.83 bits per heavy atom. The van der Waals surface area contributed by atoms with Gasteiger partial charge in [0, 0.05) is 19.5 Å². The molecule has 1 fully saturated rings. The van der Waals surface area contributed by atoms with Crippen LogP contribution < -0.4 is 5.32 Å². The normalized spacial score (nSPS) is 18.9. The third-order valence-corrected chi connectivity index (χ3v) is 3.00. The molecule has 0 spiro atoms. The van der Waals surface area contributed by atoms with Crippen LogP contribution in [0.4, 0.5) is 0 Å². The minimum atomic E-state index is -0.490. The van der Waals surface area contributed by atoms with Crippen LogP contribution in [0.25, 0.3) is 0 Å². The second kappa shape index (κ2) is 6.98. The Kier molecular flexibility index (Phi) is 5.61. The van der Waals surface area contributed by atoms with E-state index < -0.39 is 5.97 Å². The molecule has 6 heteroatoms. The Bertz CT molecular complexity index is 330. The van der Waals surface area contributed by atoms with Crippen LogP contribution in [-0.2, 0) is 19.1 Å². The van der Waals surface area contributed by atoms with Crippen molar-refractivity contribution in [3.63, 3.8) is 0 Å². The molecule has 1 rings (SSSR count). The maximum Gasteiger partial charge on any atom is 0.325 e. The predicted molar refractivity (Wildman–Crippen MR) is 64.6 cm³/mol. The summed E-state index contributed by atoms with van der Waals surface area (Å²) in [5.74, 6) is -1.08. The standard InChI is InChI=1S/C12H20N2O4/c1-3-4-5-14-8-9(6-10(14)15)12(17)13-7-11(16)18-2/h9H,3-8H2,1-2H3,(H,13,17)/t9-/m0/s1. The largest absolute Gasteiger partial charge is 0.468 e. The molecule has 1 aliphatic heterocycles. The maximum absolute atomic E-state index is 11.7. The molecule has 0 aromatic carbocycles. The van der Waals surface area contributed by atoms with E-state index in [1.807, 2.05) is 0 Å². The first kappa shape index (κ1) is 14.5. The summed E-state index contributed by atoms with van der Waals surface area (Å²) < 4.78 is 4.43. The number of nitrogens with zero attached hydrogens (tertiary/aromatic N) is 1. The minimum Gasteiger partial charge on any atom is -0.468 e. The number of carbonyl (C=O) groups is 3. The highest BCUT2D eigenvalue weighted by atomic mass is 16.5. The average Bonchev–Trinajstić information content (AvgIpc) is 2.74. The summed E-state index contributed by atoms with van der Waals surface area (Å²) in [6.07, 6.45) is 2.20. The Labute approximate surface area is 107 Å². The maximum atomic E-state index is 11.7. The summed E-state index contributed by atoms with van der Waals surface area (Å²) in [5, 5.41) is 2.48. The van der Waals surface area contributed by atoms with Gasteiger partial charge in [-0.2, -0.15) is 0 Å². The molecule has 2 amide bonds. The van der Waals surface area contributed by atoms with E-state index in [2.05, 4.69) is 17.0 Å². The summed E-state index contributed by atoms with van der Waals surface area (Å²) in [7, 11) is 1.26. The third-order valence-electron chi connectivity index (χ3n) is 3.00. The highest BCUT2D eigenvalue weighted by Gasteiger charge is 2.33. The fraction of sp³-hybridized carbons (Fsp3) is 0.750. The molecule has 0 radical (unpaired) electrons. The number of carbonyl (C=O) groups excluding carboxylic acids is 3. The van der Waals surface area contributed by atoms with Gasteiger partial charge in [0.2, 0.25) is 11.8 Å². The molecule has 0 unspecified atom stereocenters. The van der Waals surface area contributed by atoms with Crippen molar-refractivity contribution in [2.24, 2.45) is 5.92 Å². The first-order valence-corrected chi connectivity index (χ1v) is 6.20. The first-order chi connectivity index (χ1) is 8.58. The molecule has 1 aliphatic rings. The topological polar surface area (TPSA) is 75.7 Å². The second-order valence-corrected chi connectivity index (χ2v) is 4.39. The van der Waals surface area contributed by atoms with Crippen molar-refractivity contribution >= 4 is 17.8 Å². The van der Waals surface area contributed by atoms with Crippen LogP contribution in [0.2, 0.25) is 0 Å². The molecule has 0 bridgehead atoms. The van der Waals surface area contributed by atoms with Gasteiger partial charge in [0.1, 0.15) is 6.54 Å². The second-order valence-electron chi connectivity index (χ2n) is 4.39. The molecular formula is C12H20N2O4. The van der Waals surface area contributed by atoms with Crippen LogP contribution in [0, 0.1) is 5.92 Å². The quantitative estimate of drug-likeness (QED) is 0.675. The minimum absolute atomic E-state index is 0.0154. The molecule has 1 N–H and O–H groups in total. The lowest BCUT2D eigenvalue weighted by Gasteiger charge is -2.15. The van der Waals surface area contributed by atoms with E-state index >= 15 is 0 Å². The van der Waals surface area contributed by atoms with Crippen molar-refractivity contribution in [1.29, 1.82) is 0 Å². The van der Waals surface area contributed by atoms with E-state index in [1.54, 1.807) is 4.90 Å². The number of esters is 1. The van der Waals surface area contributed by atoms with Crippen LogP contribution in [-0.4, -0.2) is 49.4 Å². The van der Waals surface area contributed by atoms with Gasteiger partial charge in [0.15, 0.2) is 0 Å². The van der Waals surface area contributed by atoms with Crippen molar-refractivity contribution in [3.8, 4) is 0 Å². The highest BCUT2D eigenvalue weighted by molar-refractivity contribution is 5.90. The molecule has 6 nitrogen and oxygen atoms in total. The van der Waals surface area contributed by atoms with E-state index in [9.17, 15) is 14.4 Å². The Morgan fingerprint density at radius 1 is 1.50 bits per heavy atom. The fourth-order valence-corrected chi connectivity index (χ4v) is 1.89. The summed E-state index contributed by atoms with van der Waals surface area (Å²) in [5.41, 5.74) is 0. The molecule has 1 saturated heterocycles. The van der Waals surface area contributed by atoms with E-state index in [0.29, 0.717) is 13.1 Å². The molecular weight excluding hydrogens is 236 g/mol.